The summed E-state index contributed by atoms with van der Waals surface area (Å²) >= 11 is 5.67. The average molecular weight is 409 g/mol. The fourth-order valence-electron chi connectivity index (χ4n) is 3.86. The summed E-state index contributed by atoms with van der Waals surface area (Å²) in [6.07, 6.45) is 4.66. The van der Waals surface area contributed by atoms with Crippen molar-refractivity contribution in [3.8, 4) is 16.9 Å². The van der Waals surface area contributed by atoms with Crippen molar-refractivity contribution >= 4 is 11.6 Å². The van der Waals surface area contributed by atoms with Gasteiger partial charge in [0.2, 0.25) is 0 Å². The Bertz CT molecular complexity index is 758. The Morgan fingerprint density at radius 1 is 0.893 bits per heavy atom. The van der Waals surface area contributed by atoms with Crippen molar-refractivity contribution in [3.63, 3.8) is 0 Å². The molecular formula is C23H24ClF3O. The van der Waals surface area contributed by atoms with Gasteiger partial charge in [0.05, 0.1) is 0 Å². The molecule has 0 unspecified atom stereocenters. The predicted octanol–water partition coefficient (Wildman–Crippen LogP) is 7.74. The zero-order valence-electron chi connectivity index (χ0n) is 15.6. The van der Waals surface area contributed by atoms with E-state index in [0.717, 1.165) is 23.5 Å². The summed E-state index contributed by atoms with van der Waals surface area (Å²) in [5.74, 6) is 1.21. The number of benzene rings is 2. The van der Waals surface area contributed by atoms with E-state index in [4.69, 9.17) is 11.6 Å². The number of alkyl halides is 3. The lowest BCUT2D eigenvalue weighted by Crippen LogP contribution is -2.16. The second-order valence-electron chi connectivity index (χ2n) is 7.41. The molecule has 1 nitrogen and oxygen atoms in total. The van der Waals surface area contributed by atoms with Gasteiger partial charge in [-0.2, -0.15) is 0 Å². The molecule has 1 aliphatic carbocycles. The Labute approximate surface area is 169 Å². The van der Waals surface area contributed by atoms with Gasteiger partial charge in [-0.25, -0.2) is 0 Å². The van der Waals surface area contributed by atoms with E-state index in [1.807, 2.05) is 12.1 Å². The minimum Gasteiger partial charge on any atom is -0.406 e. The smallest absolute Gasteiger partial charge is 0.406 e. The molecule has 0 aliphatic heterocycles. The van der Waals surface area contributed by atoms with Gasteiger partial charge in [-0.1, -0.05) is 54.1 Å². The van der Waals surface area contributed by atoms with Gasteiger partial charge in [0.15, 0.2) is 0 Å². The second kappa shape index (κ2) is 9.51. The van der Waals surface area contributed by atoms with Crippen LogP contribution in [0.25, 0.3) is 11.1 Å². The summed E-state index contributed by atoms with van der Waals surface area (Å²) < 4.78 is 40.6. The molecule has 0 heterocycles. The van der Waals surface area contributed by atoms with E-state index in [-0.39, 0.29) is 5.75 Å². The van der Waals surface area contributed by atoms with Crippen molar-refractivity contribution in [1.29, 1.82) is 0 Å². The normalized spacial score (nSPS) is 20.4. The monoisotopic (exact) mass is 408 g/mol. The molecule has 0 atom stereocenters. The van der Waals surface area contributed by atoms with Gasteiger partial charge in [-0.3, -0.25) is 0 Å². The summed E-state index contributed by atoms with van der Waals surface area (Å²) in [5, 5.41) is 0. The molecule has 2 aromatic rings. The number of aryl methyl sites for hydroxylation is 1. The summed E-state index contributed by atoms with van der Waals surface area (Å²) in [7, 11) is 0. The highest BCUT2D eigenvalue weighted by atomic mass is 35.5. The molecule has 0 aromatic heterocycles. The van der Waals surface area contributed by atoms with Crippen LogP contribution in [0.15, 0.2) is 60.1 Å². The maximum absolute atomic E-state index is 12.2. The van der Waals surface area contributed by atoms with Crippen LogP contribution in [0.1, 0.15) is 37.7 Å². The first-order valence-electron chi connectivity index (χ1n) is 9.65. The lowest BCUT2D eigenvalue weighted by Gasteiger charge is -2.26. The lowest BCUT2D eigenvalue weighted by atomic mass is 9.79. The van der Waals surface area contributed by atoms with Crippen LogP contribution in [-0.2, 0) is 6.42 Å². The first kappa shape index (κ1) is 20.8. The molecule has 0 N–H and O–H groups in total. The van der Waals surface area contributed by atoms with Crippen molar-refractivity contribution in [2.24, 2.45) is 11.8 Å². The van der Waals surface area contributed by atoms with E-state index >= 15 is 0 Å². The molecule has 1 aliphatic rings. The number of rotatable bonds is 6. The number of allylic oxidation sites excluding steroid dienone is 1. The zero-order chi connectivity index (χ0) is 20.0. The largest absolute Gasteiger partial charge is 0.573 e. The van der Waals surface area contributed by atoms with Crippen LogP contribution in [0, 0.1) is 11.8 Å². The van der Waals surface area contributed by atoms with E-state index in [0.29, 0.717) is 5.92 Å². The van der Waals surface area contributed by atoms with Gasteiger partial charge in [0, 0.05) is 5.54 Å². The first-order valence-corrected chi connectivity index (χ1v) is 10.1. The fraction of sp³-hybridized carbons (Fsp3) is 0.391. The van der Waals surface area contributed by atoms with Gasteiger partial charge < -0.3 is 4.74 Å². The average Bonchev–Trinajstić information content (AvgIpc) is 2.68. The van der Waals surface area contributed by atoms with Crippen molar-refractivity contribution in [2.75, 3.05) is 0 Å². The Kier molecular flexibility index (Phi) is 7.06. The van der Waals surface area contributed by atoms with Crippen LogP contribution in [0.3, 0.4) is 0 Å². The fourth-order valence-corrected chi connectivity index (χ4v) is 4.06. The van der Waals surface area contributed by atoms with Crippen molar-refractivity contribution in [3.05, 3.63) is 65.7 Å². The Balaban J connectivity index is 1.51. The van der Waals surface area contributed by atoms with E-state index < -0.39 is 6.36 Å². The molecule has 2 aromatic carbocycles. The number of halogens is 4. The summed E-state index contributed by atoms with van der Waals surface area (Å²) in [6.45, 7) is 0. The molecule has 1 fully saturated rings. The van der Waals surface area contributed by atoms with Gasteiger partial charge >= 0.3 is 6.36 Å². The maximum Gasteiger partial charge on any atom is 0.573 e. The molecule has 1 saturated carbocycles. The third-order valence-electron chi connectivity index (χ3n) is 5.45. The number of hydrogen-bond acceptors (Lipinski definition) is 1. The molecule has 150 valence electrons. The highest BCUT2D eigenvalue weighted by molar-refractivity contribution is 6.25. The van der Waals surface area contributed by atoms with Crippen LogP contribution < -0.4 is 4.74 Å². The SMILES string of the molecule is FC(F)(F)Oc1ccc(-c2ccc(CC[C@H]3CC[C@H](/C=C/Cl)CC3)cc2)cc1. The van der Waals surface area contributed by atoms with Gasteiger partial charge in [-0.05, 0) is 79.2 Å². The zero-order valence-corrected chi connectivity index (χ0v) is 16.3. The van der Waals surface area contributed by atoms with Crippen LogP contribution in [0.4, 0.5) is 13.2 Å². The third-order valence-corrected chi connectivity index (χ3v) is 5.60. The van der Waals surface area contributed by atoms with Crippen LogP contribution in [0.5, 0.6) is 5.75 Å². The van der Waals surface area contributed by atoms with Gasteiger partial charge in [0.1, 0.15) is 5.75 Å². The highest BCUT2D eigenvalue weighted by Gasteiger charge is 2.30. The quantitative estimate of drug-likeness (QED) is 0.474. The number of hydrogen-bond donors (Lipinski definition) is 0. The van der Waals surface area contributed by atoms with Gasteiger partial charge in [0.25, 0.3) is 0 Å². The first-order chi connectivity index (χ1) is 13.4. The standard InChI is InChI=1S/C23H24ClF3O/c24-16-15-19-5-3-17(4-6-19)1-2-18-7-9-20(10-8-18)21-11-13-22(14-12-21)28-23(25,26)27/h7-17,19H,1-6H2/b16-15+/t17-,19-. The van der Waals surface area contributed by atoms with E-state index in [2.05, 4.69) is 22.9 Å². The Hall–Kier alpha value is -1.94. The van der Waals surface area contributed by atoms with E-state index in [1.54, 1.807) is 17.7 Å². The molecule has 5 heteroatoms. The second-order valence-corrected chi connectivity index (χ2v) is 7.66. The van der Waals surface area contributed by atoms with Crippen molar-refractivity contribution in [1.82, 2.24) is 0 Å². The summed E-state index contributed by atoms with van der Waals surface area (Å²) in [4.78, 5) is 0. The molecular weight excluding hydrogens is 385 g/mol. The molecule has 0 bridgehead atoms. The van der Waals surface area contributed by atoms with Crippen LogP contribution >= 0.6 is 11.6 Å². The maximum atomic E-state index is 12.2. The predicted molar refractivity (Wildman–Crippen MR) is 107 cm³/mol. The molecule has 0 radical (unpaired) electrons. The van der Waals surface area contributed by atoms with Crippen molar-refractivity contribution < 1.29 is 17.9 Å². The lowest BCUT2D eigenvalue weighted by molar-refractivity contribution is -0.274. The van der Waals surface area contributed by atoms with Crippen molar-refractivity contribution in [2.45, 2.75) is 44.9 Å². The third kappa shape index (κ3) is 6.30. The van der Waals surface area contributed by atoms with Crippen LogP contribution in [-0.4, -0.2) is 6.36 Å². The van der Waals surface area contributed by atoms with E-state index in [9.17, 15) is 13.2 Å². The molecule has 0 saturated heterocycles. The van der Waals surface area contributed by atoms with Gasteiger partial charge in [-0.15, -0.1) is 13.2 Å². The van der Waals surface area contributed by atoms with E-state index in [1.165, 1.54) is 49.8 Å². The van der Waals surface area contributed by atoms with Crippen LogP contribution in [0.2, 0.25) is 0 Å². The Morgan fingerprint density at radius 2 is 1.46 bits per heavy atom. The summed E-state index contributed by atoms with van der Waals surface area (Å²) in [6, 6.07) is 14.2. The topological polar surface area (TPSA) is 9.23 Å². The summed E-state index contributed by atoms with van der Waals surface area (Å²) in [5.41, 5.74) is 4.79. The molecule has 3 rings (SSSR count). The number of ether oxygens (including phenoxy) is 1. The molecule has 0 spiro atoms. The minimum absolute atomic E-state index is 0.205. The highest BCUT2D eigenvalue weighted by Crippen LogP contribution is 2.33. The molecule has 0 amide bonds. The Morgan fingerprint density at radius 3 is 2.00 bits per heavy atom. The minimum atomic E-state index is -4.66. The molecule has 28 heavy (non-hydrogen) atoms.